The summed E-state index contributed by atoms with van der Waals surface area (Å²) in [6.45, 7) is 13.8. The van der Waals surface area contributed by atoms with E-state index < -0.39 is 0 Å². The van der Waals surface area contributed by atoms with Crippen molar-refractivity contribution in [1.29, 1.82) is 0 Å². The number of nitrogens with two attached hydrogens (primary N) is 1. The lowest BCUT2D eigenvalue weighted by molar-refractivity contribution is 0.240. The van der Waals surface area contributed by atoms with E-state index in [9.17, 15) is 0 Å². The molecular formula is C17H29NO. The quantitative estimate of drug-likeness (QED) is 0.861. The minimum atomic E-state index is 0.215. The predicted octanol–water partition coefficient (Wildman–Crippen LogP) is 4.26. The largest absolute Gasteiger partial charge is 0.491 e. The fourth-order valence-corrected chi connectivity index (χ4v) is 2.54. The highest BCUT2D eigenvalue weighted by molar-refractivity contribution is 5.38. The molecule has 0 amide bonds. The summed E-state index contributed by atoms with van der Waals surface area (Å²) in [7, 11) is 0. The van der Waals surface area contributed by atoms with Crippen molar-refractivity contribution in [2.45, 2.75) is 60.0 Å². The van der Waals surface area contributed by atoms with E-state index in [-0.39, 0.29) is 11.5 Å². The van der Waals surface area contributed by atoms with Crippen LogP contribution in [0.1, 0.15) is 58.1 Å². The van der Waals surface area contributed by atoms with Crippen LogP contribution in [-0.4, -0.2) is 12.6 Å². The molecule has 2 N–H and O–H groups in total. The Morgan fingerprint density at radius 1 is 1.21 bits per heavy atom. The molecule has 0 aromatic heterocycles. The zero-order valence-corrected chi connectivity index (χ0v) is 13.3. The van der Waals surface area contributed by atoms with E-state index in [2.05, 4.69) is 59.7 Å². The zero-order chi connectivity index (χ0) is 14.6. The number of rotatable bonds is 5. The first-order valence-corrected chi connectivity index (χ1v) is 7.23. The number of ether oxygens (including phenoxy) is 1. The standard InChI is InChI=1S/C17H29NO/c1-12(2)19-16-8-7-14(11-13(16)3)15(9-10-18)17(4,5)6/h7-8,11-12,15H,9-10,18H2,1-6H3. The normalized spacial score (nSPS) is 13.7. The Bertz CT molecular complexity index is 404. The van der Waals surface area contributed by atoms with Gasteiger partial charge in [-0.15, -0.1) is 0 Å². The first-order valence-electron chi connectivity index (χ1n) is 7.23. The van der Waals surface area contributed by atoms with Crippen LogP contribution in [0.25, 0.3) is 0 Å². The third-order valence-corrected chi connectivity index (χ3v) is 3.46. The lowest BCUT2D eigenvalue weighted by atomic mass is 9.74. The van der Waals surface area contributed by atoms with Gasteiger partial charge in [-0.25, -0.2) is 0 Å². The van der Waals surface area contributed by atoms with Gasteiger partial charge in [-0.05, 0) is 62.3 Å². The van der Waals surface area contributed by atoms with Crippen molar-refractivity contribution >= 4 is 0 Å². The van der Waals surface area contributed by atoms with Gasteiger partial charge in [-0.2, -0.15) is 0 Å². The molecule has 1 atom stereocenters. The average Bonchev–Trinajstić information content (AvgIpc) is 2.27. The van der Waals surface area contributed by atoms with Crippen LogP contribution in [-0.2, 0) is 0 Å². The summed E-state index contributed by atoms with van der Waals surface area (Å²) in [4.78, 5) is 0. The maximum absolute atomic E-state index is 5.80. The SMILES string of the molecule is Cc1cc(C(CCN)C(C)(C)C)ccc1OC(C)C. The van der Waals surface area contributed by atoms with Crippen molar-refractivity contribution in [3.8, 4) is 5.75 Å². The molecule has 0 heterocycles. The first-order chi connectivity index (χ1) is 8.75. The second kappa shape index (κ2) is 6.42. The smallest absolute Gasteiger partial charge is 0.122 e. The summed E-state index contributed by atoms with van der Waals surface area (Å²) >= 11 is 0. The third-order valence-electron chi connectivity index (χ3n) is 3.46. The number of hydrogen-bond donors (Lipinski definition) is 1. The van der Waals surface area contributed by atoms with E-state index in [4.69, 9.17) is 10.5 Å². The molecule has 1 unspecified atom stereocenters. The Balaban J connectivity index is 3.03. The summed E-state index contributed by atoms with van der Waals surface area (Å²) < 4.78 is 5.80. The molecule has 0 bridgehead atoms. The molecule has 0 aliphatic rings. The van der Waals surface area contributed by atoms with Crippen molar-refractivity contribution in [2.24, 2.45) is 11.1 Å². The molecule has 0 radical (unpaired) electrons. The van der Waals surface area contributed by atoms with Crippen molar-refractivity contribution in [3.05, 3.63) is 29.3 Å². The molecule has 19 heavy (non-hydrogen) atoms. The maximum Gasteiger partial charge on any atom is 0.122 e. The number of hydrogen-bond acceptors (Lipinski definition) is 2. The third kappa shape index (κ3) is 4.54. The van der Waals surface area contributed by atoms with Gasteiger partial charge in [-0.3, -0.25) is 0 Å². The summed E-state index contributed by atoms with van der Waals surface area (Å²) in [6, 6.07) is 6.54. The lowest BCUT2D eigenvalue weighted by Gasteiger charge is -2.31. The van der Waals surface area contributed by atoms with Crippen LogP contribution in [0, 0.1) is 12.3 Å². The summed E-state index contributed by atoms with van der Waals surface area (Å²) in [5.74, 6) is 1.48. The van der Waals surface area contributed by atoms with E-state index in [0.717, 1.165) is 18.7 Å². The Morgan fingerprint density at radius 2 is 1.84 bits per heavy atom. The molecule has 0 spiro atoms. The van der Waals surface area contributed by atoms with Gasteiger partial charge in [0.2, 0.25) is 0 Å². The molecule has 1 aromatic rings. The van der Waals surface area contributed by atoms with Crippen molar-refractivity contribution in [1.82, 2.24) is 0 Å². The molecule has 108 valence electrons. The minimum absolute atomic E-state index is 0.215. The molecule has 0 aliphatic carbocycles. The maximum atomic E-state index is 5.80. The van der Waals surface area contributed by atoms with E-state index in [0.29, 0.717) is 5.92 Å². The van der Waals surface area contributed by atoms with E-state index in [1.54, 1.807) is 0 Å². The summed E-state index contributed by atoms with van der Waals surface area (Å²) in [6.07, 6.45) is 1.24. The monoisotopic (exact) mass is 263 g/mol. The molecular weight excluding hydrogens is 234 g/mol. The van der Waals surface area contributed by atoms with Crippen LogP contribution in [0.15, 0.2) is 18.2 Å². The van der Waals surface area contributed by atoms with E-state index in [1.165, 1.54) is 11.1 Å². The Labute approximate surface area is 118 Å². The van der Waals surface area contributed by atoms with Crippen LogP contribution in [0.3, 0.4) is 0 Å². The Kier molecular flexibility index (Phi) is 5.42. The predicted molar refractivity (Wildman–Crippen MR) is 82.8 cm³/mol. The molecule has 0 fully saturated rings. The molecule has 2 heteroatoms. The highest BCUT2D eigenvalue weighted by Gasteiger charge is 2.25. The van der Waals surface area contributed by atoms with Crippen LogP contribution in [0.2, 0.25) is 0 Å². The molecule has 0 aliphatic heterocycles. The van der Waals surface area contributed by atoms with Gasteiger partial charge in [-0.1, -0.05) is 32.9 Å². The summed E-state index contributed by atoms with van der Waals surface area (Å²) in [5, 5.41) is 0. The highest BCUT2D eigenvalue weighted by Crippen LogP contribution is 2.38. The minimum Gasteiger partial charge on any atom is -0.491 e. The van der Waals surface area contributed by atoms with Gasteiger partial charge in [0, 0.05) is 0 Å². The number of aryl methyl sites for hydroxylation is 1. The van der Waals surface area contributed by atoms with Crippen molar-refractivity contribution < 1.29 is 4.74 Å². The molecule has 1 aromatic carbocycles. The number of benzene rings is 1. The van der Waals surface area contributed by atoms with Crippen molar-refractivity contribution in [3.63, 3.8) is 0 Å². The van der Waals surface area contributed by atoms with Gasteiger partial charge < -0.3 is 10.5 Å². The fraction of sp³-hybridized carbons (Fsp3) is 0.647. The van der Waals surface area contributed by atoms with Gasteiger partial charge in [0.15, 0.2) is 0 Å². The molecule has 2 nitrogen and oxygen atoms in total. The lowest BCUT2D eigenvalue weighted by Crippen LogP contribution is -2.21. The first kappa shape index (κ1) is 16.0. The molecule has 0 saturated heterocycles. The van der Waals surface area contributed by atoms with Gasteiger partial charge in [0.05, 0.1) is 6.10 Å². The van der Waals surface area contributed by atoms with E-state index >= 15 is 0 Å². The van der Waals surface area contributed by atoms with Gasteiger partial charge in [0.25, 0.3) is 0 Å². The Morgan fingerprint density at radius 3 is 2.26 bits per heavy atom. The summed E-state index contributed by atoms with van der Waals surface area (Å²) in [5.41, 5.74) is 8.57. The fourth-order valence-electron chi connectivity index (χ4n) is 2.54. The van der Waals surface area contributed by atoms with Crippen LogP contribution < -0.4 is 10.5 Å². The van der Waals surface area contributed by atoms with E-state index in [1.807, 2.05) is 0 Å². The topological polar surface area (TPSA) is 35.2 Å². The second-order valence-corrected chi connectivity index (χ2v) is 6.69. The van der Waals surface area contributed by atoms with Crippen LogP contribution in [0.5, 0.6) is 5.75 Å². The van der Waals surface area contributed by atoms with Crippen LogP contribution in [0.4, 0.5) is 0 Å². The Hall–Kier alpha value is -1.02. The van der Waals surface area contributed by atoms with Crippen LogP contribution >= 0.6 is 0 Å². The highest BCUT2D eigenvalue weighted by atomic mass is 16.5. The van der Waals surface area contributed by atoms with Gasteiger partial charge >= 0.3 is 0 Å². The molecule has 0 saturated carbocycles. The molecule has 1 rings (SSSR count). The average molecular weight is 263 g/mol. The second-order valence-electron chi connectivity index (χ2n) is 6.69. The van der Waals surface area contributed by atoms with Gasteiger partial charge in [0.1, 0.15) is 5.75 Å². The van der Waals surface area contributed by atoms with Crippen molar-refractivity contribution in [2.75, 3.05) is 6.54 Å². The zero-order valence-electron chi connectivity index (χ0n) is 13.3.